The highest BCUT2D eigenvalue weighted by Crippen LogP contribution is 2.25. The minimum atomic E-state index is -0.497. The minimum absolute atomic E-state index is 0. The van der Waals surface area contributed by atoms with Gasteiger partial charge in [-0.3, -0.25) is 9.59 Å². The van der Waals surface area contributed by atoms with E-state index < -0.39 is 18.0 Å². The van der Waals surface area contributed by atoms with Gasteiger partial charge in [0, 0.05) is 24.0 Å². The van der Waals surface area contributed by atoms with Crippen LogP contribution >= 0.6 is 23.7 Å². The van der Waals surface area contributed by atoms with Gasteiger partial charge < -0.3 is 16.0 Å². The third kappa shape index (κ3) is 5.59. The lowest BCUT2D eigenvalue weighted by Crippen LogP contribution is -2.51. The lowest BCUT2D eigenvalue weighted by molar-refractivity contribution is -0.138. The van der Waals surface area contributed by atoms with E-state index in [2.05, 4.69) is 16.8 Å². The molecule has 29 heavy (non-hydrogen) atoms. The molecule has 1 aliphatic rings. The number of amides is 2. The summed E-state index contributed by atoms with van der Waals surface area (Å²) in [5.74, 6) is -0.580. The lowest BCUT2D eigenvalue weighted by atomic mass is 9.94. The number of rotatable bonds is 7. The van der Waals surface area contributed by atoms with Crippen molar-refractivity contribution in [1.29, 1.82) is 0 Å². The standard InChI is InChI=1S/C22H29N3O2S.ClH/c1-3-7-18(22(27)25-12-10-19-17(14-25)11-13-28-19)24-21(26)15(2)20(23)16-8-5-4-6-9-16;/h4-6,8-9,11,13,15,18,20H,3,7,10,12,14,23H2,1-2H3,(H,24,26);1H. The zero-order chi connectivity index (χ0) is 20.1. The molecule has 7 heteroatoms. The van der Waals surface area contributed by atoms with Crippen molar-refractivity contribution < 1.29 is 9.59 Å². The van der Waals surface area contributed by atoms with Crippen LogP contribution in [0.25, 0.3) is 0 Å². The molecular formula is C22H30ClN3O2S. The van der Waals surface area contributed by atoms with Crippen LogP contribution in [0.5, 0.6) is 0 Å². The Labute approximate surface area is 183 Å². The average molecular weight is 436 g/mol. The molecule has 2 amide bonds. The van der Waals surface area contributed by atoms with Gasteiger partial charge in [0.1, 0.15) is 6.04 Å². The highest BCUT2D eigenvalue weighted by Gasteiger charge is 2.31. The Hall–Kier alpha value is -1.89. The molecule has 3 atom stereocenters. The summed E-state index contributed by atoms with van der Waals surface area (Å²) in [6.07, 6.45) is 2.35. The Morgan fingerprint density at radius 2 is 1.97 bits per heavy atom. The van der Waals surface area contributed by atoms with E-state index in [1.54, 1.807) is 11.3 Å². The first-order valence-corrected chi connectivity index (χ1v) is 10.8. The number of thiophene rings is 1. The second-order valence-electron chi connectivity index (χ2n) is 7.45. The number of nitrogens with one attached hydrogen (secondary N) is 1. The van der Waals surface area contributed by atoms with Gasteiger partial charge in [0.25, 0.3) is 0 Å². The Morgan fingerprint density at radius 3 is 2.66 bits per heavy atom. The number of benzene rings is 1. The number of halogens is 1. The first kappa shape index (κ1) is 23.4. The third-order valence-corrected chi connectivity index (χ3v) is 6.47. The second kappa shape index (κ2) is 10.8. The van der Waals surface area contributed by atoms with Gasteiger partial charge in [0.2, 0.25) is 11.8 Å². The first-order chi connectivity index (χ1) is 13.5. The lowest BCUT2D eigenvalue weighted by Gasteiger charge is -2.31. The van der Waals surface area contributed by atoms with Crippen molar-refractivity contribution in [2.24, 2.45) is 11.7 Å². The molecule has 2 aromatic rings. The van der Waals surface area contributed by atoms with Crippen LogP contribution in [0, 0.1) is 5.92 Å². The van der Waals surface area contributed by atoms with Crippen molar-refractivity contribution in [3.8, 4) is 0 Å². The van der Waals surface area contributed by atoms with E-state index in [1.807, 2.05) is 49.1 Å². The molecule has 1 aliphatic heterocycles. The molecule has 1 aromatic heterocycles. The van der Waals surface area contributed by atoms with E-state index in [1.165, 1.54) is 10.4 Å². The fourth-order valence-corrected chi connectivity index (χ4v) is 4.52. The number of hydrogen-bond donors (Lipinski definition) is 2. The van der Waals surface area contributed by atoms with Crippen molar-refractivity contribution in [1.82, 2.24) is 10.2 Å². The fraction of sp³-hybridized carbons (Fsp3) is 0.455. The van der Waals surface area contributed by atoms with E-state index in [-0.39, 0.29) is 24.2 Å². The summed E-state index contributed by atoms with van der Waals surface area (Å²) in [6, 6.07) is 10.8. The van der Waals surface area contributed by atoms with Crippen molar-refractivity contribution in [3.05, 3.63) is 57.8 Å². The Bertz CT molecular complexity index is 811. The second-order valence-corrected chi connectivity index (χ2v) is 8.45. The maximum atomic E-state index is 13.1. The van der Waals surface area contributed by atoms with E-state index in [9.17, 15) is 9.59 Å². The van der Waals surface area contributed by atoms with Crippen LogP contribution in [-0.4, -0.2) is 29.3 Å². The molecule has 0 aliphatic carbocycles. The maximum Gasteiger partial charge on any atom is 0.245 e. The van der Waals surface area contributed by atoms with E-state index in [0.29, 0.717) is 19.5 Å². The summed E-state index contributed by atoms with van der Waals surface area (Å²) in [5.41, 5.74) is 8.44. The number of nitrogens with zero attached hydrogens (tertiary/aromatic N) is 1. The number of nitrogens with two attached hydrogens (primary N) is 1. The topological polar surface area (TPSA) is 75.4 Å². The van der Waals surface area contributed by atoms with E-state index in [0.717, 1.165) is 18.4 Å². The summed E-state index contributed by atoms with van der Waals surface area (Å²) < 4.78 is 0. The molecule has 0 radical (unpaired) electrons. The average Bonchev–Trinajstić information content (AvgIpc) is 3.20. The smallest absolute Gasteiger partial charge is 0.245 e. The molecule has 3 N–H and O–H groups in total. The molecule has 0 saturated heterocycles. The van der Waals surface area contributed by atoms with E-state index in [4.69, 9.17) is 5.73 Å². The summed E-state index contributed by atoms with van der Waals surface area (Å²) in [6.45, 7) is 5.19. The molecular weight excluding hydrogens is 406 g/mol. The Morgan fingerprint density at radius 1 is 1.24 bits per heavy atom. The van der Waals surface area contributed by atoms with Crippen LogP contribution in [0.1, 0.15) is 48.7 Å². The zero-order valence-corrected chi connectivity index (χ0v) is 18.6. The largest absolute Gasteiger partial charge is 0.344 e. The third-order valence-electron chi connectivity index (χ3n) is 5.45. The monoisotopic (exact) mass is 435 g/mol. The number of carbonyl (C=O) groups is 2. The summed E-state index contributed by atoms with van der Waals surface area (Å²) in [5, 5.41) is 5.06. The SMILES string of the molecule is CCCC(NC(=O)C(C)C(N)c1ccccc1)C(=O)N1CCc2sccc2C1.Cl. The van der Waals surface area contributed by atoms with Crippen LogP contribution in [0.4, 0.5) is 0 Å². The molecule has 0 saturated carbocycles. The highest BCUT2D eigenvalue weighted by molar-refractivity contribution is 7.10. The zero-order valence-electron chi connectivity index (χ0n) is 17.0. The number of carbonyl (C=O) groups excluding carboxylic acids is 2. The molecule has 2 heterocycles. The summed E-state index contributed by atoms with van der Waals surface area (Å²) in [4.78, 5) is 29.2. The van der Waals surface area contributed by atoms with Crippen LogP contribution in [-0.2, 0) is 22.6 Å². The minimum Gasteiger partial charge on any atom is -0.344 e. The summed E-state index contributed by atoms with van der Waals surface area (Å²) >= 11 is 1.75. The van der Waals surface area contributed by atoms with Crippen molar-refractivity contribution >= 4 is 35.6 Å². The van der Waals surface area contributed by atoms with Gasteiger partial charge in [-0.15, -0.1) is 23.7 Å². The van der Waals surface area contributed by atoms with Crippen molar-refractivity contribution in [3.63, 3.8) is 0 Å². The van der Waals surface area contributed by atoms with Crippen LogP contribution in [0.3, 0.4) is 0 Å². The Balaban J connectivity index is 0.00000300. The van der Waals surface area contributed by atoms with Crippen LogP contribution in [0.15, 0.2) is 41.8 Å². The maximum absolute atomic E-state index is 13.1. The van der Waals surface area contributed by atoms with Crippen molar-refractivity contribution in [2.75, 3.05) is 6.54 Å². The molecule has 5 nitrogen and oxygen atoms in total. The quantitative estimate of drug-likeness (QED) is 0.696. The van der Waals surface area contributed by atoms with Gasteiger partial charge >= 0.3 is 0 Å². The van der Waals surface area contributed by atoms with Gasteiger partial charge in [-0.25, -0.2) is 0 Å². The molecule has 3 unspecified atom stereocenters. The van der Waals surface area contributed by atoms with Crippen LogP contribution < -0.4 is 11.1 Å². The van der Waals surface area contributed by atoms with Gasteiger partial charge in [-0.1, -0.05) is 50.6 Å². The molecule has 158 valence electrons. The van der Waals surface area contributed by atoms with Crippen molar-refractivity contribution in [2.45, 2.75) is 51.7 Å². The molecule has 0 fully saturated rings. The molecule has 0 spiro atoms. The summed E-state index contributed by atoms with van der Waals surface area (Å²) in [7, 11) is 0. The normalized spacial score (nSPS) is 16.2. The van der Waals surface area contributed by atoms with Gasteiger partial charge in [0.05, 0.1) is 5.92 Å². The predicted molar refractivity (Wildman–Crippen MR) is 120 cm³/mol. The first-order valence-electron chi connectivity index (χ1n) is 9.96. The molecule has 0 bridgehead atoms. The van der Waals surface area contributed by atoms with E-state index >= 15 is 0 Å². The highest BCUT2D eigenvalue weighted by atomic mass is 35.5. The number of fused-ring (bicyclic) bond motifs is 1. The van der Waals surface area contributed by atoms with Gasteiger partial charge in [-0.05, 0) is 35.4 Å². The molecule has 1 aromatic carbocycles. The van der Waals surface area contributed by atoms with Crippen LogP contribution in [0.2, 0.25) is 0 Å². The Kier molecular flexibility index (Phi) is 8.68. The fourth-order valence-electron chi connectivity index (χ4n) is 3.63. The number of hydrogen-bond acceptors (Lipinski definition) is 4. The van der Waals surface area contributed by atoms with Gasteiger partial charge in [0.15, 0.2) is 0 Å². The van der Waals surface area contributed by atoms with Gasteiger partial charge in [-0.2, -0.15) is 0 Å². The molecule has 3 rings (SSSR count). The predicted octanol–water partition coefficient (Wildman–Crippen LogP) is 3.68.